The molecule has 0 bridgehead atoms. The Morgan fingerprint density at radius 1 is 1.00 bits per heavy atom. The van der Waals surface area contributed by atoms with Crippen LogP contribution in [-0.4, -0.2) is 59.7 Å². The normalized spacial score (nSPS) is 15.3. The highest BCUT2D eigenvalue weighted by Crippen LogP contribution is 2.33. The number of carbonyl (C=O) groups excluding carboxylic acids is 1. The zero-order valence-electron chi connectivity index (χ0n) is 16.6. The molecule has 1 fully saturated rings. The molecule has 0 unspecified atom stereocenters. The molecule has 0 spiro atoms. The number of pyridine rings is 1. The highest BCUT2D eigenvalue weighted by molar-refractivity contribution is 7.91. The summed E-state index contributed by atoms with van der Waals surface area (Å²) in [4.78, 5) is 23.7. The zero-order chi connectivity index (χ0) is 22.3. The molecule has 1 aromatic carbocycles. The van der Waals surface area contributed by atoms with Gasteiger partial charge in [0.15, 0.2) is 5.01 Å². The highest BCUT2D eigenvalue weighted by Gasteiger charge is 2.32. The third kappa shape index (κ3) is 4.04. The van der Waals surface area contributed by atoms with Crippen molar-refractivity contribution in [3.8, 4) is 10.4 Å². The van der Waals surface area contributed by atoms with Gasteiger partial charge in [-0.2, -0.15) is 4.31 Å². The van der Waals surface area contributed by atoms with Crippen LogP contribution in [0.5, 0.6) is 0 Å². The number of rotatable bonds is 4. The molecule has 0 atom stereocenters. The van der Waals surface area contributed by atoms with Gasteiger partial charge in [-0.25, -0.2) is 13.4 Å². The molecule has 0 saturated carbocycles. The summed E-state index contributed by atoms with van der Waals surface area (Å²) < 4.78 is 28.8. The van der Waals surface area contributed by atoms with Crippen molar-refractivity contribution in [2.45, 2.75) is 4.21 Å². The van der Waals surface area contributed by atoms with Gasteiger partial charge in [0.1, 0.15) is 4.21 Å². The maximum absolute atomic E-state index is 13.1. The number of hydrogen-bond acceptors (Lipinski definition) is 7. The van der Waals surface area contributed by atoms with Gasteiger partial charge in [-0.05, 0) is 41.3 Å². The van der Waals surface area contributed by atoms with Gasteiger partial charge in [-0.3, -0.25) is 9.78 Å². The van der Waals surface area contributed by atoms with Crippen LogP contribution in [0.15, 0.2) is 59.2 Å². The number of piperazine rings is 1. The maximum atomic E-state index is 13.1. The van der Waals surface area contributed by atoms with Gasteiger partial charge in [0, 0.05) is 54.5 Å². The first-order valence-corrected chi connectivity index (χ1v) is 13.2. The molecule has 1 saturated heterocycles. The molecule has 1 amide bonds. The number of halogens is 1. The molecular formula is C21H17ClN4O3S3. The van der Waals surface area contributed by atoms with E-state index in [0.717, 1.165) is 20.5 Å². The van der Waals surface area contributed by atoms with Crippen LogP contribution in [0.3, 0.4) is 0 Å². The SMILES string of the molecule is O=C(c1ncc(-c2ccncc2)s1)N1CCN(S(=O)(=O)c2cc3ccc(Cl)cc3s2)CC1. The summed E-state index contributed by atoms with van der Waals surface area (Å²) in [6.45, 7) is 1.12. The van der Waals surface area contributed by atoms with E-state index in [1.54, 1.807) is 41.7 Å². The van der Waals surface area contributed by atoms with Crippen molar-refractivity contribution < 1.29 is 13.2 Å². The predicted octanol–water partition coefficient (Wildman–Crippen LogP) is 4.22. The number of nitrogens with zero attached hydrogens (tertiary/aromatic N) is 4. The number of thiazole rings is 1. The van der Waals surface area contributed by atoms with E-state index in [1.807, 2.05) is 18.2 Å². The average Bonchev–Trinajstić information content (AvgIpc) is 3.47. The standard InChI is InChI=1S/C21H17ClN4O3S3/c22-16-2-1-15-11-19(30-17(15)12-16)32(28,29)26-9-7-25(8-10-26)21(27)20-24-13-18(31-20)14-3-5-23-6-4-14/h1-6,11-13H,7-10H2. The molecule has 4 aromatic rings. The Balaban J connectivity index is 1.28. The van der Waals surface area contributed by atoms with E-state index in [2.05, 4.69) is 9.97 Å². The molecule has 1 aliphatic heterocycles. The van der Waals surface area contributed by atoms with Gasteiger partial charge in [-0.1, -0.05) is 17.7 Å². The van der Waals surface area contributed by atoms with Crippen molar-refractivity contribution in [1.82, 2.24) is 19.2 Å². The molecule has 11 heteroatoms. The molecule has 0 aliphatic carbocycles. The third-order valence-electron chi connectivity index (χ3n) is 5.23. The van der Waals surface area contributed by atoms with Gasteiger partial charge >= 0.3 is 0 Å². The molecular weight excluding hydrogens is 488 g/mol. The summed E-state index contributed by atoms with van der Waals surface area (Å²) in [6.07, 6.45) is 5.07. The van der Waals surface area contributed by atoms with Crippen LogP contribution < -0.4 is 0 Å². The van der Waals surface area contributed by atoms with Crippen LogP contribution >= 0.6 is 34.3 Å². The number of benzene rings is 1. The van der Waals surface area contributed by atoms with Crippen LogP contribution in [0.4, 0.5) is 0 Å². The topological polar surface area (TPSA) is 83.5 Å². The first kappa shape index (κ1) is 21.5. The minimum atomic E-state index is -3.63. The molecule has 0 N–H and O–H groups in total. The number of aromatic nitrogens is 2. The molecule has 32 heavy (non-hydrogen) atoms. The van der Waals surface area contributed by atoms with Crippen molar-refractivity contribution in [1.29, 1.82) is 0 Å². The molecule has 5 rings (SSSR count). The number of fused-ring (bicyclic) bond motifs is 1. The van der Waals surface area contributed by atoms with Crippen LogP contribution in [-0.2, 0) is 10.0 Å². The van der Waals surface area contributed by atoms with Crippen molar-refractivity contribution in [3.05, 3.63) is 65.0 Å². The summed E-state index contributed by atoms with van der Waals surface area (Å²) in [5.74, 6) is -0.177. The lowest BCUT2D eigenvalue weighted by Gasteiger charge is -2.33. The average molecular weight is 505 g/mol. The van der Waals surface area contributed by atoms with E-state index in [4.69, 9.17) is 11.6 Å². The second-order valence-electron chi connectivity index (χ2n) is 7.21. The monoisotopic (exact) mass is 504 g/mol. The Morgan fingerprint density at radius 3 is 2.50 bits per heavy atom. The van der Waals surface area contributed by atoms with Crippen molar-refractivity contribution in [2.24, 2.45) is 0 Å². The Kier molecular flexibility index (Phi) is 5.72. The van der Waals surface area contributed by atoms with E-state index in [1.165, 1.54) is 27.0 Å². The number of amides is 1. The summed E-state index contributed by atoms with van der Waals surface area (Å²) in [5.41, 5.74) is 0.956. The lowest BCUT2D eigenvalue weighted by molar-refractivity contribution is 0.0697. The fourth-order valence-corrected chi connectivity index (χ4v) is 7.67. The Morgan fingerprint density at radius 2 is 1.75 bits per heavy atom. The predicted molar refractivity (Wildman–Crippen MR) is 127 cm³/mol. The third-order valence-corrected chi connectivity index (χ3v) is 9.95. The Hall–Kier alpha value is -2.37. The van der Waals surface area contributed by atoms with E-state index >= 15 is 0 Å². The minimum Gasteiger partial charge on any atom is -0.334 e. The van der Waals surface area contributed by atoms with Crippen molar-refractivity contribution in [2.75, 3.05) is 26.2 Å². The lowest BCUT2D eigenvalue weighted by atomic mass is 10.2. The second-order valence-corrected chi connectivity index (χ2v) is 11.9. The van der Waals surface area contributed by atoms with Gasteiger partial charge < -0.3 is 4.90 Å². The second kappa shape index (κ2) is 8.53. The highest BCUT2D eigenvalue weighted by atomic mass is 35.5. The summed E-state index contributed by atoms with van der Waals surface area (Å²) >= 11 is 8.56. The molecule has 4 heterocycles. The van der Waals surface area contributed by atoms with Gasteiger partial charge in [0.25, 0.3) is 15.9 Å². The largest absolute Gasteiger partial charge is 0.334 e. The van der Waals surface area contributed by atoms with Crippen molar-refractivity contribution in [3.63, 3.8) is 0 Å². The molecule has 164 valence electrons. The quantitative estimate of drug-likeness (QED) is 0.415. The van der Waals surface area contributed by atoms with Crippen LogP contribution in [0.25, 0.3) is 20.5 Å². The number of thiophene rings is 1. The van der Waals surface area contributed by atoms with E-state index in [-0.39, 0.29) is 23.2 Å². The fraction of sp³-hybridized carbons (Fsp3) is 0.190. The van der Waals surface area contributed by atoms with E-state index < -0.39 is 10.0 Å². The zero-order valence-corrected chi connectivity index (χ0v) is 19.8. The summed E-state index contributed by atoms with van der Waals surface area (Å²) in [6, 6.07) is 10.7. The number of hydrogen-bond donors (Lipinski definition) is 0. The van der Waals surface area contributed by atoms with Crippen LogP contribution in [0, 0.1) is 0 Å². The molecule has 7 nitrogen and oxygen atoms in total. The first-order chi connectivity index (χ1) is 15.4. The molecule has 3 aromatic heterocycles. The Bertz CT molecular complexity index is 1390. The van der Waals surface area contributed by atoms with Gasteiger partial charge in [0.2, 0.25) is 0 Å². The van der Waals surface area contributed by atoms with Crippen LogP contribution in [0.2, 0.25) is 5.02 Å². The minimum absolute atomic E-state index is 0.177. The maximum Gasteiger partial charge on any atom is 0.282 e. The summed E-state index contributed by atoms with van der Waals surface area (Å²) in [5, 5.41) is 1.82. The van der Waals surface area contributed by atoms with Crippen molar-refractivity contribution >= 4 is 60.3 Å². The van der Waals surface area contributed by atoms with E-state index in [9.17, 15) is 13.2 Å². The molecule has 0 radical (unpaired) electrons. The smallest absolute Gasteiger partial charge is 0.282 e. The van der Waals surface area contributed by atoms with E-state index in [0.29, 0.717) is 23.1 Å². The fourth-order valence-electron chi connectivity index (χ4n) is 3.52. The first-order valence-electron chi connectivity index (χ1n) is 9.76. The number of sulfonamides is 1. The Labute approximate surface area is 198 Å². The van der Waals surface area contributed by atoms with Gasteiger partial charge in [0.05, 0.1) is 4.88 Å². The lowest BCUT2D eigenvalue weighted by Crippen LogP contribution is -2.50. The summed E-state index contributed by atoms with van der Waals surface area (Å²) in [7, 11) is -3.63. The number of carbonyl (C=O) groups is 1. The van der Waals surface area contributed by atoms with Crippen LogP contribution in [0.1, 0.15) is 9.80 Å². The molecule has 1 aliphatic rings. The van der Waals surface area contributed by atoms with Gasteiger partial charge in [-0.15, -0.1) is 22.7 Å².